The molecule has 0 unspecified atom stereocenters. The molecule has 0 aliphatic rings. The van der Waals surface area contributed by atoms with Crippen LogP contribution in [0.4, 0.5) is 0 Å². The highest BCUT2D eigenvalue weighted by molar-refractivity contribution is 6.35. The Morgan fingerprint density at radius 1 is 1.43 bits per heavy atom. The van der Waals surface area contributed by atoms with Gasteiger partial charge in [-0.05, 0) is 12.1 Å². The summed E-state index contributed by atoms with van der Waals surface area (Å²) < 4.78 is 0. The summed E-state index contributed by atoms with van der Waals surface area (Å²) in [6, 6.07) is 7.85. The number of aromatic nitrogens is 1. The van der Waals surface area contributed by atoms with E-state index in [1.54, 1.807) is 0 Å². The lowest BCUT2D eigenvalue weighted by molar-refractivity contribution is -0.134. The summed E-state index contributed by atoms with van der Waals surface area (Å²) in [5.74, 6) is -0.833. The van der Waals surface area contributed by atoms with Crippen LogP contribution in [-0.4, -0.2) is 16.1 Å². The Labute approximate surface area is 86.3 Å². The molecule has 2 aromatic rings. The van der Waals surface area contributed by atoms with E-state index < -0.39 is 5.97 Å². The minimum Gasteiger partial charge on any atom is -0.481 e. The van der Waals surface area contributed by atoms with Crippen LogP contribution in [0.1, 0.15) is 6.92 Å². The van der Waals surface area contributed by atoms with Crippen LogP contribution in [0.25, 0.3) is 10.9 Å². The zero-order chi connectivity index (χ0) is 10.6. The molecule has 14 heavy (non-hydrogen) atoms. The fourth-order valence-corrected chi connectivity index (χ4v) is 1.28. The van der Waals surface area contributed by atoms with Gasteiger partial charge in [0.05, 0.1) is 10.5 Å². The number of para-hydroxylation sites is 1. The van der Waals surface area contributed by atoms with E-state index in [9.17, 15) is 0 Å². The predicted molar refractivity (Wildman–Crippen MR) is 56.6 cm³/mol. The van der Waals surface area contributed by atoms with Crippen LogP contribution in [0.15, 0.2) is 30.5 Å². The highest BCUT2D eigenvalue weighted by Crippen LogP contribution is 2.20. The number of rotatable bonds is 0. The van der Waals surface area contributed by atoms with Gasteiger partial charge in [0.25, 0.3) is 5.97 Å². The topological polar surface area (TPSA) is 53.1 Å². The first-order valence-electron chi connectivity index (χ1n) is 4.02. The number of hydrogen-bond donors (Lipinski definition) is 2. The molecule has 4 heteroatoms. The van der Waals surface area contributed by atoms with Gasteiger partial charge in [-0.25, -0.2) is 0 Å². The first-order valence-corrected chi connectivity index (χ1v) is 4.40. The van der Waals surface area contributed by atoms with Gasteiger partial charge < -0.3 is 10.1 Å². The zero-order valence-corrected chi connectivity index (χ0v) is 8.38. The van der Waals surface area contributed by atoms with Crippen molar-refractivity contribution in [2.75, 3.05) is 0 Å². The predicted octanol–water partition coefficient (Wildman–Crippen LogP) is 2.91. The molecule has 0 radical (unpaired) electrons. The molecule has 1 aromatic carbocycles. The van der Waals surface area contributed by atoms with E-state index in [1.165, 1.54) is 0 Å². The van der Waals surface area contributed by atoms with Crippen molar-refractivity contribution in [2.45, 2.75) is 6.92 Å². The number of carbonyl (C=O) groups is 1. The molecular formula is C10H10ClNO2. The number of H-pyrrole nitrogens is 1. The number of carboxylic acids is 1. The second kappa shape index (κ2) is 4.67. The maximum atomic E-state index is 9.00. The molecule has 2 N–H and O–H groups in total. The Kier molecular flexibility index (Phi) is 3.54. The summed E-state index contributed by atoms with van der Waals surface area (Å²) in [7, 11) is 0. The highest BCUT2D eigenvalue weighted by Gasteiger charge is 1.95. The number of benzene rings is 1. The average Bonchev–Trinajstić information content (AvgIpc) is 2.52. The molecule has 2 rings (SSSR count). The van der Waals surface area contributed by atoms with E-state index in [1.807, 2.05) is 30.5 Å². The summed E-state index contributed by atoms with van der Waals surface area (Å²) in [6.07, 6.45) is 1.89. The van der Waals surface area contributed by atoms with Crippen LogP contribution < -0.4 is 0 Å². The monoisotopic (exact) mass is 211 g/mol. The molecule has 3 nitrogen and oxygen atoms in total. The number of aliphatic carboxylic acids is 1. The Balaban J connectivity index is 0.000000213. The van der Waals surface area contributed by atoms with E-state index >= 15 is 0 Å². The summed E-state index contributed by atoms with van der Waals surface area (Å²) in [4.78, 5) is 12.1. The molecule has 1 aromatic heterocycles. The van der Waals surface area contributed by atoms with Gasteiger partial charge in [0.1, 0.15) is 0 Å². The molecule has 0 atom stereocenters. The lowest BCUT2D eigenvalue weighted by Gasteiger charge is -1.90. The normalized spacial score (nSPS) is 9.29. The van der Waals surface area contributed by atoms with Crippen molar-refractivity contribution < 1.29 is 9.90 Å². The van der Waals surface area contributed by atoms with E-state index in [-0.39, 0.29) is 0 Å². The number of carboxylic acid groups (broad SMARTS) is 1. The standard InChI is InChI=1S/C8H6ClN.C2H4O2/c9-7-3-1-2-6-4-5-10-8(6)7;1-2(3)4/h1-5,10H;1H3,(H,3,4). The van der Waals surface area contributed by atoms with E-state index in [4.69, 9.17) is 21.5 Å². The van der Waals surface area contributed by atoms with Crippen molar-refractivity contribution in [1.82, 2.24) is 4.98 Å². The quantitative estimate of drug-likeness (QED) is 0.704. The van der Waals surface area contributed by atoms with Crippen molar-refractivity contribution in [3.05, 3.63) is 35.5 Å². The Morgan fingerprint density at radius 3 is 2.64 bits per heavy atom. The Morgan fingerprint density at radius 2 is 2.07 bits per heavy atom. The van der Waals surface area contributed by atoms with Crippen molar-refractivity contribution in [3.63, 3.8) is 0 Å². The van der Waals surface area contributed by atoms with E-state index in [0.717, 1.165) is 22.8 Å². The first-order chi connectivity index (χ1) is 6.61. The van der Waals surface area contributed by atoms with Crippen LogP contribution >= 0.6 is 11.6 Å². The zero-order valence-electron chi connectivity index (χ0n) is 7.62. The van der Waals surface area contributed by atoms with Crippen molar-refractivity contribution in [2.24, 2.45) is 0 Å². The van der Waals surface area contributed by atoms with Crippen molar-refractivity contribution in [1.29, 1.82) is 0 Å². The third kappa shape index (κ3) is 2.78. The maximum Gasteiger partial charge on any atom is 0.300 e. The maximum absolute atomic E-state index is 9.00. The summed E-state index contributed by atoms with van der Waals surface area (Å²) in [5, 5.41) is 9.36. The summed E-state index contributed by atoms with van der Waals surface area (Å²) in [6.45, 7) is 1.08. The van der Waals surface area contributed by atoms with Gasteiger partial charge in [-0.2, -0.15) is 0 Å². The van der Waals surface area contributed by atoms with Gasteiger partial charge in [0.2, 0.25) is 0 Å². The van der Waals surface area contributed by atoms with Crippen molar-refractivity contribution in [3.8, 4) is 0 Å². The smallest absolute Gasteiger partial charge is 0.300 e. The minimum atomic E-state index is -0.833. The van der Waals surface area contributed by atoms with Crippen LogP contribution in [-0.2, 0) is 4.79 Å². The van der Waals surface area contributed by atoms with E-state index in [0.29, 0.717) is 0 Å². The average molecular weight is 212 g/mol. The second-order valence-corrected chi connectivity index (χ2v) is 3.11. The van der Waals surface area contributed by atoms with Crippen LogP contribution in [0.2, 0.25) is 5.02 Å². The molecular weight excluding hydrogens is 202 g/mol. The summed E-state index contributed by atoms with van der Waals surface area (Å²) >= 11 is 5.87. The van der Waals surface area contributed by atoms with Crippen LogP contribution in [0.5, 0.6) is 0 Å². The Bertz CT molecular complexity index is 432. The number of hydrogen-bond acceptors (Lipinski definition) is 1. The number of halogens is 1. The molecule has 0 aliphatic carbocycles. The summed E-state index contributed by atoms with van der Waals surface area (Å²) in [5.41, 5.74) is 1.02. The number of aromatic amines is 1. The SMILES string of the molecule is CC(=O)O.Clc1cccc2cc[nH]c12. The van der Waals surface area contributed by atoms with Crippen molar-refractivity contribution >= 4 is 28.5 Å². The number of nitrogens with one attached hydrogen (secondary N) is 1. The second-order valence-electron chi connectivity index (χ2n) is 2.70. The molecule has 0 aliphatic heterocycles. The fourth-order valence-electron chi connectivity index (χ4n) is 1.05. The lowest BCUT2D eigenvalue weighted by atomic mass is 10.2. The molecule has 0 spiro atoms. The van der Waals surface area contributed by atoms with Gasteiger partial charge in [-0.3, -0.25) is 4.79 Å². The molecule has 0 saturated carbocycles. The van der Waals surface area contributed by atoms with Gasteiger partial charge >= 0.3 is 0 Å². The molecule has 0 amide bonds. The molecule has 0 bridgehead atoms. The highest BCUT2D eigenvalue weighted by atomic mass is 35.5. The molecule has 0 fully saturated rings. The molecule has 74 valence electrons. The third-order valence-electron chi connectivity index (χ3n) is 1.54. The van der Waals surface area contributed by atoms with Gasteiger partial charge in [-0.15, -0.1) is 0 Å². The lowest BCUT2D eigenvalue weighted by Crippen LogP contribution is -1.78. The minimum absolute atomic E-state index is 0.780. The third-order valence-corrected chi connectivity index (χ3v) is 1.85. The van der Waals surface area contributed by atoms with E-state index in [2.05, 4.69) is 4.98 Å². The first kappa shape index (κ1) is 10.6. The van der Waals surface area contributed by atoms with Crippen LogP contribution in [0.3, 0.4) is 0 Å². The fraction of sp³-hybridized carbons (Fsp3) is 0.100. The largest absolute Gasteiger partial charge is 0.481 e. The molecule has 1 heterocycles. The van der Waals surface area contributed by atoms with Crippen LogP contribution in [0, 0.1) is 0 Å². The van der Waals surface area contributed by atoms with Gasteiger partial charge in [0, 0.05) is 18.5 Å². The van der Waals surface area contributed by atoms with Gasteiger partial charge in [-0.1, -0.05) is 23.7 Å². The Hall–Kier alpha value is -1.48. The van der Waals surface area contributed by atoms with Gasteiger partial charge in [0.15, 0.2) is 0 Å². The molecule has 0 saturated heterocycles. The number of fused-ring (bicyclic) bond motifs is 1.